The van der Waals surface area contributed by atoms with E-state index in [2.05, 4.69) is 71.9 Å². The van der Waals surface area contributed by atoms with Crippen molar-refractivity contribution in [1.29, 1.82) is 0 Å². The maximum Gasteiger partial charge on any atom is 0.125 e. The van der Waals surface area contributed by atoms with Gasteiger partial charge in [0.2, 0.25) is 0 Å². The molecular formula is C35H55O2P. The van der Waals surface area contributed by atoms with Gasteiger partial charge in [0.15, 0.2) is 0 Å². The van der Waals surface area contributed by atoms with Crippen LogP contribution >= 0.6 is 7.92 Å². The Balaban J connectivity index is 2.13. The fraction of sp³-hybridized carbons (Fsp3) is 0.714. The third-order valence-corrected chi connectivity index (χ3v) is 14.3. The monoisotopic (exact) mass is 538 g/mol. The SMILES string of the molecule is COC1=C(C(C)C)C(c2ccccc2)C(C(C)C)(P(C2CCCCC2)C2CCCCC2)C(OC)=C1C(C)C. The van der Waals surface area contributed by atoms with Crippen molar-refractivity contribution in [2.75, 3.05) is 14.2 Å². The van der Waals surface area contributed by atoms with E-state index in [0.717, 1.165) is 17.1 Å². The lowest BCUT2D eigenvalue weighted by molar-refractivity contribution is 0.182. The zero-order valence-electron chi connectivity index (χ0n) is 25.7. The molecule has 0 spiro atoms. The number of hydrogen-bond acceptors (Lipinski definition) is 2. The van der Waals surface area contributed by atoms with Gasteiger partial charge in [0.05, 0.1) is 19.4 Å². The largest absolute Gasteiger partial charge is 0.500 e. The number of ether oxygens (including phenoxy) is 2. The number of methoxy groups -OCH3 is 2. The Bertz CT molecular complexity index is 945. The molecule has 0 bridgehead atoms. The molecule has 4 rings (SSSR count). The summed E-state index contributed by atoms with van der Waals surface area (Å²) >= 11 is 0. The average Bonchev–Trinajstić information content (AvgIpc) is 2.93. The second-order valence-electron chi connectivity index (χ2n) is 13.1. The standard InChI is InChI=1S/C35H55O2P/c1-24(2)30-32(27-18-12-9-13-19-27)35(26(5)6,34(37-8)31(25(3)4)33(30)36-7)38(28-20-14-10-15-21-28)29-22-16-11-17-23-29/h9,12-13,18-19,24-26,28-29,32H,10-11,14-17,20-23H2,1-8H3. The summed E-state index contributed by atoms with van der Waals surface area (Å²) in [5.41, 5.74) is 5.96. The van der Waals surface area contributed by atoms with Crippen LogP contribution in [0.4, 0.5) is 0 Å². The van der Waals surface area contributed by atoms with Gasteiger partial charge < -0.3 is 9.47 Å². The first-order valence-electron chi connectivity index (χ1n) is 15.7. The Morgan fingerprint density at radius 3 is 1.63 bits per heavy atom. The second-order valence-corrected chi connectivity index (χ2v) is 16.1. The van der Waals surface area contributed by atoms with Gasteiger partial charge in [0.1, 0.15) is 11.5 Å². The molecule has 0 saturated heterocycles. The Kier molecular flexibility index (Phi) is 10.1. The quantitative estimate of drug-likeness (QED) is 0.291. The van der Waals surface area contributed by atoms with Crippen LogP contribution in [0.15, 0.2) is 53.0 Å². The van der Waals surface area contributed by atoms with Crippen molar-refractivity contribution < 1.29 is 9.47 Å². The maximum atomic E-state index is 6.80. The Morgan fingerprint density at radius 1 is 0.711 bits per heavy atom. The zero-order valence-corrected chi connectivity index (χ0v) is 26.6. The van der Waals surface area contributed by atoms with Crippen LogP contribution < -0.4 is 0 Å². The van der Waals surface area contributed by atoms with Crippen molar-refractivity contribution in [3.8, 4) is 0 Å². The highest BCUT2D eigenvalue weighted by atomic mass is 31.1. The van der Waals surface area contributed by atoms with Crippen molar-refractivity contribution in [2.24, 2.45) is 17.8 Å². The number of hydrogen-bond donors (Lipinski definition) is 0. The smallest absolute Gasteiger partial charge is 0.125 e. The first-order chi connectivity index (χ1) is 18.3. The highest BCUT2D eigenvalue weighted by Gasteiger charge is 2.60. The number of benzene rings is 1. The van der Waals surface area contributed by atoms with Crippen LogP contribution in [0.25, 0.3) is 0 Å². The lowest BCUT2D eigenvalue weighted by Crippen LogP contribution is -2.51. The molecule has 1 aromatic carbocycles. The molecule has 0 N–H and O–H groups in total. The minimum atomic E-state index is -0.346. The minimum absolute atomic E-state index is 0.0311. The van der Waals surface area contributed by atoms with Gasteiger partial charge in [-0.2, -0.15) is 0 Å². The van der Waals surface area contributed by atoms with Crippen LogP contribution in [0.3, 0.4) is 0 Å². The topological polar surface area (TPSA) is 18.5 Å². The van der Waals surface area contributed by atoms with Crippen molar-refractivity contribution in [3.63, 3.8) is 0 Å². The molecule has 0 aliphatic heterocycles. The third kappa shape index (κ3) is 5.25. The van der Waals surface area contributed by atoms with Crippen molar-refractivity contribution >= 4 is 7.92 Å². The Morgan fingerprint density at radius 2 is 1.24 bits per heavy atom. The van der Waals surface area contributed by atoms with E-state index in [9.17, 15) is 0 Å². The van der Waals surface area contributed by atoms with E-state index in [1.54, 1.807) is 0 Å². The highest BCUT2D eigenvalue weighted by molar-refractivity contribution is 7.61. The molecule has 0 heterocycles. The van der Waals surface area contributed by atoms with E-state index < -0.39 is 0 Å². The predicted octanol–water partition coefficient (Wildman–Crippen LogP) is 10.4. The lowest BCUT2D eigenvalue weighted by atomic mass is 9.65. The van der Waals surface area contributed by atoms with Crippen LogP contribution in [0, 0.1) is 17.8 Å². The summed E-state index contributed by atoms with van der Waals surface area (Å²) in [5.74, 6) is 3.89. The first kappa shape index (κ1) is 29.7. The molecule has 2 unspecified atom stereocenters. The van der Waals surface area contributed by atoms with E-state index in [0.29, 0.717) is 17.8 Å². The summed E-state index contributed by atoms with van der Waals surface area (Å²) < 4.78 is 13.2. The van der Waals surface area contributed by atoms with Gasteiger partial charge in [-0.1, -0.05) is 118 Å². The van der Waals surface area contributed by atoms with Crippen molar-refractivity contribution in [3.05, 3.63) is 58.6 Å². The van der Waals surface area contributed by atoms with Gasteiger partial charge >= 0.3 is 0 Å². The van der Waals surface area contributed by atoms with E-state index in [4.69, 9.17) is 9.47 Å². The summed E-state index contributed by atoms with van der Waals surface area (Å²) in [7, 11) is 3.52. The Labute approximate surface area is 235 Å². The number of rotatable bonds is 9. The molecule has 2 nitrogen and oxygen atoms in total. The fourth-order valence-corrected chi connectivity index (χ4v) is 13.7. The first-order valence-corrected chi connectivity index (χ1v) is 17.2. The van der Waals surface area contributed by atoms with E-state index in [-0.39, 0.29) is 19.0 Å². The zero-order chi connectivity index (χ0) is 27.4. The van der Waals surface area contributed by atoms with Crippen molar-refractivity contribution in [1.82, 2.24) is 0 Å². The summed E-state index contributed by atoms with van der Waals surface area (Å²) in [6.45, 7) is 14.6. The number of allylic oxidation sites excluding steroid dienone is 3. The van der Waals surface area contributed by atoms with Gasteiger partial charge in [-0.3, -0.25) is 0 Å². The molecule has 0 radical (unpaired) electrons. The molecule has 2 fully saturated rings. The summed E-state index contributed by atoms with van der Waals surface area (Å²) in [6, 6.07) is 11.5. The summed E-state index contributed by atoms with van der Waals surface area (Å²) in [5, 5.41) is -0.0311. The molecule has 0 amide bonds. The van der Waals surface area contributed by atoms with E-state index >= 15 is 0 Å². The highest BCUT2D eigenvalue weighted by Crippen LogP contribution is 2.75. The molecule has 2 atom stereocenters. The molecule has 0 aromatic heterocycles. The lowest BCUT2D eigenvalue weighted by Gasteiger charge is -2.59. The molecule has 3 aliphatic rings. The molecule has 38 heavy (non-hydrogen) atoms. The molecule has 212 valence electrons. The minimum Gasteiger partial charge on any atom is -0.500 e. The van der Waals surface area contributed by atoms with Gasteiger partial charge in [0.25, 0.3) is 0 Å². The van der Waals surface area contributed by atoms with E-state index in [1.807, 2.05) is 14.2 Å². The second kappa shape index (κ2) is 12.9. The van der Waals surface area contributed by atoms with Crippen LogP contribution in [0.2, 0.25) is 0 Å². The van der Waals surface area contributed by atoms with Gasteiger partial charge in [-0.05, 0) is 65.9 Å². The third-order valence-electron chi connectivity index (χ3n) is 9.85. The van der Waals surface area contributed by atoms with Crippen LogP contribution in [-0.2, 0) is 9.47 Å². The van der Waals surface area contributed by atoms with Crippen LogP contribution in [0.1, 0.15) is 117 Å². The van der Waals surface area contributed by atoms with Gasteiger partial charge in [-0.15, -0.1) is 0 Å². The van der Waals surface area contributed by atoms with E-state index in [1.165, 1.54) is 86.7 Å². The Hall–Kier alpha value is -1.27. The van der Waals surface area contributed by atoms with Crippen LogP contribution in [-0.4, -0.2) is 30.7 Å². The normalized spacial score (nSPS) is 26.3. The van der Waals surface area contributed by atoms with Crippen LogP contribution in [0.5, 0.6) is 0 Å². The molecule has 2 saturated carbocycles. The maximum absolute atomic E-state index is 6.80. The summed E-state index contributed by atoms with van der Waals surface area (Å²) in [6.07, 6.45) is 14.1. The van der Waals surface area contributed by atoms with Gasteiger partial charge in [-0.25, -0.2) is 0 Å². The average molecular weight is 539 g/mol. The molecule has 1 aromatic rings. The van der Waals surface area contributed by atoms with Gasteiger partial charge in [0, 0.05) is 11.5 Å². The van der Waals surface area contributed by atoms with Crippen molar-refractivity contribution in [2.45, 2.75) is 128 Å². The molecular weight excluding hydrogens is 483 g/mol. The molecule has 3 heteroatoms. The molecule has 3 aliphatic carbocycles. The summed E-state index contributed by atoms with van der Waals surface area (Å²) in [4.78, 5) is 0. The fourth-order valence-electron chi connectivity index (χ4n) is 8.45. The predicted molar refractivity (Wildman–Crippen MR) is 165 cm³/mol.